The van der Waals surface area contributed by atoms with Crippen molar-refractivity contribution in [2.75, 3.05) is 20.8 Å². The van der Waals surface area contributed by atoms with Crippen LogP contribution in [-0.4, -0.2) is 20.8 Å². The topological polar surface area (TPSA) is 43.6 Å². The van der Waals surface area contributed by atoms with Gasteiger partial charge < -0.3 is 19.2 Å². The maximum absolute atomic E-state index is 5.87. The first kappa shape index (κ1) is 15.1. The molecule has 2 heterocycles. The standard InChI is InChI=1S/C15H21NO3S/c1-4-8-16-14(15-13(18-3)7-9-20-15)12-6-5-11(19-12)10-17-2/h5-7,9,14,16H,4,8,10H2,1-3H3. The number of rotatable bonds is 8. The molecule has 0 amide bonds. The minimum Gasteiger partial charge on any atom is -0.496 e. The van der Waals surface area contributed by atoms with E-state index in [1.807, 2.05) is 23.6 Å². The predicted molar refractivity (Wildman–Crippen MR) is 80.4 cm³/mol. The van der Waals surface area contributed by atoms with E-state index in [1.165, 1.54) is 0 Å². The van der Waals surface area contributed by atoms with E-state index in [9.17, 15) is 0 Å². The van der Waals surface area contributed by atoms with Crippen molar-refractivity contribution in [1.29, 1.82) is 0 Å². The Morgan fingerprint density at radius 1 is 1.30 bits per heavy atom. The summed E-state index contributed by atoms with van der Waals surface area (Å²) < 4.78 is 16.4. The maximum Gasteiger partial charge on any atom is 0.134 e. The summed E-state index contributed by atoms with van der Waals surface area (Å²) in [6.07, 6.45) is 1.07. The number of ether oxygens (including phenoxy) is 2. The highest BCUT2D eigenvalue weighted by Gasteiger charge is 2.22. The van der Waals surface area contributed by atoms with Crippen LogP contribution in [0.15, 0.2) is 28.0 Å². The van der Waals surface area contributed by atoms with Gasteiger partial charge in [-0.1, -0.05) is 6.92 Å². The third kappa shape index (κ3) is 3.42. The number of thiophene rings is 1. The van der Waals surface area contributed by atoms with Crippen molar-refractivity contribution in [2.45, 2.75) is 26.0 Å². The molecule has 0 aromatic carbocycles. The second-order valence-electron chi connectivity index (χ2n) is 4.48. The van der Waals surface area contributed by atoms with E-state index in [4.69, 9.17) is 13.9 Å². The van der Waals surface area contributed by atoms with Gasteiger partial charge in [-0.3, -0.25) is 0 Å². The van der Waals surface area contributed by atoms with Crippen LogP contribution in [0.4, 0.5) is 0 Å². The number of methoxy groups -OCH3 is 2. The predicted octanol–water partition coefficient (Wildman–Crippen LogP) is 3.59. The zero-order chi connectivity index (χ0) is 14.4. The van der Waals surface area contributed by atoms with Crippen LogP contribution in [0.25, 0.3) is 0 Å². The molecule has 20 heavy (non-hydrogen) atoms. The van der Waals surface area contributed by atoms with Gasteiger partial charge in [0.15, 0.2) is 0 Å². The summed E-state index contributed by atoms with van der Waals surface area (Å²) in [5, 5.41) is 5.55. The first-order chi connectivity index (χ1) is 9.80. The third-order valence-electron chi connectivity index (χ3n) is 2.99. The first-order valence-electron chi connectivity index (χ1n) is 6.72. The van der Waals surface area contributed by atoms with Crippen LogP contribution < -0.4 is 10.1 Å². The van der Waals surface area contributed by atoms with Crippen LogP contribution in [0.3, 0.4) is 0 Å². The Hall–Kier alpha value is -1.30. The lowest BCUT2D eigenvalue weighted by atomic mass is 10.1. The summed E-state index contributed by atoms with van der Waals surface area (Å²) >= 11 is 1.67. The van der Waals surface area contributed by atoms with Crippen molar-refractivity contribution >= 4 is 11.3 Å². The molecule has 0 saturated heterocycles. The van der Waals surface area contributed by atoms with E-state index in [0.29, 0.717) is 6.61 Å². The molecule has 0 aliphatic heterocycles. The van der Waals surface area contributed by atoms with E-state index >= 15 is 0 Å². The Balaban J connectivity index is 2.26. The van der Waals surface area contributed by atoms with Crippen molar-refractivity contribution < 1.29 is 13.9 Å². The highest BCUT2D eigenvalue weighted by Crippen LogP contribution is 2.35. The molecule has 4 nitrogen and oxygen atoms in total. The van der Waals surface area contributed by atoms with Gasteiger partial charge in [0.05, 0.1) is 12.0 Å². The van der Waals surface area contributed by atoms with Crippen molar-refractivity contribution in [1.82, 2.24) is 5.32 Å². The molecule has 0 radical (unpaired) electrons. The van der Waals surface area contributed by atoms with Gasteiger partial charge in [-0.15, -0.1) is 11.3 Å². The van der Waals surface area contributed by atoms with Crippen molar-refractivity contribution in [3.63, 3.8) is 0 Å². The second-order valence-corrected chi connectivity index (χ2v) is 5.43. The van der Waals surface area contributed by atoms with Crippen LogP contribution in [0.2, 0.25) is 0 Å². The maximum atomic E-state index is 5.87. The smallest absolute Gasteiger partial charge is 0.134 e. The molecule has 2 aromatic heterocycles. The highest BCUT2D eigenvalue weighted by atomic mass is 32.1. The third-order valence-corrected chi connectivity index (χ3v) is 3.95. The molecule has 2 aromatic rings. The molecule has 0 aliphatic rings. The average molecular weight is 295 g/mol. The van der Waals surface area contributed by atoms with E-state index in [2.05, 4.69) is 12.2 Å². The number of nitrogens with one attached hydrogen (secondary N) is 1. The van der Waals surface area contributed by atoms with Gasteiger partial charge in [-0.2, -0.15) is 0 Å². The van der Waals surface area contributed by atoms with Crippen LogP contribution >= 0.6 is 11.3 Å². The molecule has 0 aliphatic carbocycles. The van der Waals surface area contributed by atoms with Gasteiger partial charge in [0, 0.05) is 7.11 Å². The highest BCUT2D eigenvalue weighted by molar-refractivity contribution is 7.10. The molecular weight excluding hydrogens is 274 g/mol. The fourth-order valence-electron chi connectivity index (χ4n) is 2.07. The summed E-state index contributed by atoms with van der Waals surface area (Å²) in [6.45, 7) is 3.56. The number of furan rings is 1. The summed E-state index contributed by atoms with van der Waals surface area (Å²) in [4.78, 5) is 1.14. The molecule has 2 rings (SSSR count). The van der Waals surface area contributed by atoms with Gasteiger partial charge in [-0.25, -0.2) is 0 Å². The minimum atomic E-state index is 0.0236. The zero-order valence-electron chi connectivity index (χ0n) is 12.1. The molecule has 0 saturated carbocycles. The number of hydrogen-bond donors (Lipinski definition) is 1. The Bertz CT molecular complexity index is 521. The average Bonchev–Trinajstić information content (AvgIpc) is 3.09. The van der Waals surface area contributed by atoms with Gasteiger partial charge >= 0.3 is 0 Å². The monoisotopic (exact) mass is 295 g/mol. The molecule has 1 N–H and O–H groups in total. The summed E-state index contributed by atoms with van der Waals surface area (Å²) in [6, 6.07) is 5.97. The lowest BCUT2D eigenvalue weighted by molar-refractivity contribution is 0.162. The fourth-order valence-corrected chi connectivity index (χ4v) is 3.01. The normalized spacial score (nSPS) is 12.6. The fraction of sp³-hybridized carbons (Fsp3) is 0.467. The Labute approximate surface area is 123 Å². The van der Waals surface area contributed by atoms with Crippen LogP contribution in [0.5, 0.6) is 5.75 Å². The molecule has 0 fully saturated rings. The molecular formula is C15H21NO3S. The van der Waals surface area contributed by atoms with Gasteiger partial charge in [0.25, 0.3) is 0 Å². The summed E-state index contributed by atoms with van der Waals surface area (Å²) in [7, 11) is 3.36. The number of hydrogen-bond acceptors (Lipinski definition) is 5. The summed E-state index contributed by atoms with van der Waals surface area (Å²) in [5.74, 6) is 2.63. The summed E-state index contributed by atoms with van der Waals surface area (Å²) in [5.41, 5.74) is 0. The van der Waals surface area contributed by atoms with Crippen molar-refractivity contribution in [3.05, 3.63) is 40.0 Å². The van der Waals surface area contributed by atoms with E-state index in [0.717, 1.165) is 35.1 Å². The minimum absolute atomic E-state index is 0.0236. The van der Waals surface area contributed by atoms with Gasteiger partial charge in [0.2, 0.25) is 0 Å². The molecule has 0 spiro atoms. The van der Waals surface area contributed by atoms with Crippen LogP contribution in [0.1, 0.15) is 35.8 Å². The van der Waals surface area contributed by atoms with Crippen LogP contribution in [0, 0.1) is 0 Å². The zero-order valence-corrected chi connectivity index (χ0v) is 13.0. The quantitative estimate of drug-likeness (QED) is 0.808. The van der Waals surface area contributed by atoms with Crippen molar-refractivity contribution in [3.8, 4) is 5.75 Å². The van der Waals surface area contributed by atoms with E-state index in [-0.39, 0.29) is 6.04 Å². The lowest BCUT2D eigenvalue weighted by Crippen LogP contribution is -2.22. The molecule has 0 bridgehead atoms. The first-order valence-corrected chi connectivity index (χ1v) is 7.60. The van der Waals surface area contributed by atoms with Crippen LogP contribution in [-0.2, 0) is 11.3 Å². The van der Waals surface area contributed by atoms with Gasteiger partial charge in [-0.05, 0) is 36.5 Å². The lowest BCUT2D eigenvalue weighted by Gasteiger charge is -2.16. The van der Waals surface area contributed by atoms with E-state index in [1.54, 1.807) is 25.6 Å². The molecule has 1 atom stereocenters. The molecule has 1 unspecified atom stereocenters. The van der Waals surface area contributed by atoms with Crippen molar-refractivity contribution in [2.24, 2.45) is 0 Å². The molecule has 110 valence electrons. The molecule has 5 heteroatoms. The Kier molecular flexibility index (Phi) is 5.64. The SMILES string of the molecule is CCCNC(c1ccc(COC)o1)c1sccc1OC. The Morgan fingerprint density at radius 3 is 2.85 bits per heavy atom. The Morgan fingerprint density at radius 2 is 2.15 bits per heavy atom. The van der Waals surface area contributed by atoms with E-state index < -0.39 is 0 Å². The largest absolute Gasteiger partial charge is 0.496 e. The second kappa shape index (κ2) is 7.47. The van der Waals surface area contributed by atoms with Gasteiger partial charge in [0.1, 0.15) is 29.9 Å².